The van der Waals surface area contributed by atoms with E-state index in [9.17, 15) is 20.4 Å². The maximum Gasteiger partial charge on any atom is 0.229 e. The smallest absolute Gasteiger partial charge is 0.229 e. The first kappa shape index (κ1) is 22.3. The molecule has 2 aromatic carbocycles. The van der Waals surface area contributed by atoms with E-state index < -0.39 is 37.3 Å². The fourth-order valence-electron chi connectivity index (χ4n) is 4.88. The number of nitrogens with zero attached hydrogens (tertiary/aromatic N) is 1. The Bertz CT molecular complexity index is 1110. The number of aromatic nitrogens is 2. The van der Waals surface area contributed by atoms with Crippen LogP contribution in [0.15, 0.2) is 36.4 Å². The van der Waals surface area contributed by atoms with Crippen LogP contribution in [0.25, 0.3) is 10.9 Å². The molecule has 8 nitrogen and oxygen atoms in total. The Balaban J connectivity index is 1.36. The van der Waals surface area contributed by atoms with Crippen molar-refractivity contribution in [2.24, 2.45) is 0 Å². The molecule has 1 aliphatic carbocycles. The van der Waals surface area contributed by atoms with Crippen molar-refractivity contribution in [3.8, 4) is 5.75 Å². The highest BCUT2D eigenvalue weighted by Gasteiger charge is 2.44. The number of benzene rings is 2. The molecule has 176 valence electrons. The summed E-state index contributed by atoms with van der Waals surface area (Å²) in [5.41, 5.74) is 5.83. The minimum atomic E-state index is -1.49. The zero-order chi connectivity index (χ0) is 22.9. The molecule has 5 unspecified atom stereocenters. The highest BCUT2D eigenvalue weighted by molar-refractivity contribution is 5.87. The van der Waals surface area contributed by atoms with Crippen LogP contribution in [0.3, 0.4) is 0 Å². The first-order valence-electron chi connectivity index (χ1n) is 11.6. The third-order valence-electron chi connectivity index (χ3n) is 6.79. The van der Waals surface area contributed by atoms with E-state index in [4.69, 9.17) is 9.47 Å². The van der Waals surface area contributed by atoms with E-state index >= 15 is 0 Å². The molecule has 0 bridgehead atoms. The molecule has 5 rings (SSSR count). The summed E-state index contributed by atoms with van der Waals surface area (Å²) in [6, 6.07) is 12.2. The number of aliphatic hydroxyl groups is 4. The highest BCUT2D eigenvalue weighted by atomic mass is 16.7. The Kier molecular flexibility index (Phi) is 6.36. The lowest BCUT2D eigenvalue weighted by Crippen LogP contribution is -2.60. The van der Waals surface area contributed by atoms with Gasteiger partial charge in [-0.3, -0.25) is 5.10 Å². The molecule has 1 fully saturated rings. The Morgan fingerprint density at radius 3 is 2.61 bits per heavy atom. The predicted molar refractivity (Wildman–Crippen MR) is 121 cm³/mol. The summed E-state index contributed by atoms with van der Waals surface area (Å²) in [7, 11) is 0. The van der Waals surface area contributed by atoms with Gasteiger partial charge >= 0.3 is 0 Å². The van der Waals surface area contributed by atoms with E-state index in [-0.39, 0.29) is 0 Å². The molecule has 0 amide bonds. The van der Waals surface area contributed by atoms with Crippen LogP contribution in [0.5, 0.6) is 5.75 Å². The number of ether oxygens (including phenoxy) is 2. The van der Waals surface area contributed by atoms with E-state index in [0.29, 0.717) is 5.75 Å². The first-order valence-corrected chi connectivity index (χ1v) is 11.6. The van der Waals surface area contributed by atoms with Gasteiger partial charge in [-0.25, -0.2) is 0 Å². The molecule has 8 heteroatoms. The summed E-state index contributed by atoms with van der Waals surface area (Å²) in [5, 5.41) is 48.2. The van der Waals surface area contributed by atoms with Crippen LogP contribution in [0, 0.1) is 0 Å². The maximum absolute atomic E-state index is 10.4. The third kappa shape index (κ3) is 4.37. The Morgan fingerprint density at radius 2 is 1.79 bits per heavy atom. The van der Waals surface area contributed by atoms with E-state index in [1.54, 1.807) is 12.1 Å². The number of aryl methyl sites for hydroxylation is 4. The molecule has 5 atom stereocenters. The van der Waals surface area contributed by atoms with Crippen LogP contribution in [0.1, 0.15) is 35.2 Å². The quantitative estimate of drug-likeness (QED) is 0.381. The summed E-state index contributed by atoms with van der Waals surface area (Å²) in [4.78, 5) is 0. The standard InChI is InChI=1S/C25H30N2O6/c28-13-20-22(29)23(30)24(31)25(33-20)32-19-7-3-6-17-21(19)18(27-26-17)11-9-14-8-10-15-4-1-2-5-16(15)12-14/h3,6-8,10,12,20,22-25,28-31H,1-2,4-5,9,11,13H2,(H,26,27). The molecule has 33 heavy (non-hydrogen) atoms. The van der Waals surface area contributed by atoms with Crippen molar-refractivity contribution in [3.63, 3.8) is 0 Å². The molecular weight excluding hydrogens is 424 g/mol. The summed E-state index contributed by atoms with van der Waals surface area (Å²) in [5.74, 6) is 0.450. The molecular formula is C25H30N2O6. The van der Waals surface area contributed by atoms with Crippen molar-refractivity contribution in [2.45, 2.75) is 69.2 Å². The monoisotopic (exact) mass is 454 g/mol. The average molecular weight is 455 g/mol. The van der Waals surface area contributed by atoms with Crippen molar-refractivity contribution in [3.05, 3.63) is 58.8 Å². The van der Waals surface area contributed by atoms with Gasteiger partial charge in [0, 0.05) is 5.69 Å². The van der Waals surface area contributed by atoms with E-state index in [1.807, 2.05) is 6.07 Å². The summed E-state index contributed by atoms with van der Waals surface area (Å²) in [6.07, 6.45) is -0.256. The van der Waals surface area contributed by atoms with Crippen LogP contribution in [0.4, 0.5) is 0 Å². The fraction of sp³-hybridized carbons (Fsp3) is 0.480. The number of H-pyrrole nitrogens is 1. The van der Waals surface area contributed by atoms with Gasteiger partial charge in [-0.1, -0.05) is 24.3 Å². The number of aromatic amines is 1. The lowest BCUT2D eigenvalue weighted by atomic mass is 9.89. The highest BCUT2D eigenvalue weighted by Crippen LogP contribution is 2.32. The van der Waals surface area contributed by atoms with Gasteiger partial charge in [0.25, 0.3) is 0 Å². The molecule has 1 saturated heterocycles. The molecule has 2 heterocycles. The minimum absolute atomic E-state index is 0.450. The zero-order valence-corrected chi connectivity index (χ0v) is 18.4. The number of rotatable bonds is 6. The van der Waals surface area contributed by atoms with Gasteiger partial charge in [0.1, 0.15) is 30.2 Å². The van der Waals surface area contributed by atoms with Gasteiger partial charge in [0.15, 0.2) is 0 Å². The van der Waals surface area contributed by atoms with Crippen LogP contribution in [0.2, 0.25) is 0 Å². The molecule has 2 aliphatic rings. The Labute approximate surface area is 191 Å². The van der Waals surface area contributed by atoms with Crippen molar-refractivity contribution < 1.29 is 29.9 Å². The normalized spacial score (nSPS) is 27.5. The number of aliphatic hydroxyl groups excluding tert-OH is 4. The van der Waals surface area contributed by atoms with Crippen molar-refractivity contribution in [1.82, 2.24) is 10.2 Å². The summed E-state index contributed by atoms with van der Waals surface area (Å²) >= 11 is 0. The minimum Gasteiger partial charge on any atom is -0.461 e. The molecule has 5 N–H and O–H groups in total. The Hall–Kier alpha value is -2.49. The van der Waals surface area contributed by atoms with Crippen LogP contribution in [-0.4, -0.2) is 67.9 Å². The predicted octanol–water partition coefficient (Wildman–Crippen LogP) is 1.41. The lowest BCUT2D eigenvalue weighted by molar-refractivity contribution is -0.277. The molecule has 0 radical (unpaired) electrons. The summed E-state index contributed by atoms with van der Waals surface area (Å²) < 4.78 is 11.5. The van der Waals surface area contributed by atoms with Gasteiger partial charge in [0.2, 0.25) is 6.29 Å². The van der Waals surface area contributed by atoms with Gasteiger partial charge < -0.3 is 29.9 Å². The molecule has 1 aromatic heterocycles. The number of fused-ring (bicyclic) bond motifs is 2. The Morgan fingerprint density at radius 1 is 0.970 bits per heavy atom. The zero-order valence-electron chi connectivity index (χ0n) is 18.4. The van der Waals surface area contributed by atoms with Crippen molar-refractivity contribution >= 4 is 10.9 Å². The molecule has 0 saturated carbocycles. The second-order valence-corrected chi connectivity index (χ2v) is 8.98. The topological polar surface area (TPSA) is 128 Å². The van der Waals surface area contributed by atoms with E-state index in [1.165, 1.54) is 36.0 Å². The second-order valence-electron chi connectivity index (χ2n) is 8.98. The fourth-order valence-corrected chi connectivity index (χ4v) is 4.88. The van der Waals surface area contributed by atoms with E-state index in [2.05, 4.69) is 28.4 Å². The van der Waals surface area contributed by atoms with Gasteiger partial charge in [-0.05, 0) is 67.3 Å². The average Bonchev–Trinajstić information content (AvgIpc) is 3.27. The van der Waals surface area contributed by atoms with Gasteiger partial charge in [-0.2, -0.15) is 5.10 Å². The number of nitrogens with one attached hydrogen (secondary N) is 1. The summed E-state index contributed by atoms with van der Waals surface area (Å²) in [6.45, 7) is -0.507. The maximum atomic E-state index is 10.4. The molecule has 0 spiro atoms. The second kappa shape index (κ2) is 9.40. The van der Waals surface area contributed by atoms with Crippen LogP contribution < -0.4 is 4.74 Å². The van der Waals surface area contributed by atoms with Crippen molar-refractivity contribution in [1.29, 1.82) is 0 Å². The number of hydrogen-bond acceptors (Lipinski definition) is 7. The first-order chi connectivity index (χ1) is 16.0. The van der Waals surface area contributed by atoms with Gasteiger partial charge in [0.05, 0.1) is 17.5 Å². The van der Waals surface area contributed by atoms with Crippen LogP contribution >= 0.6 is 0 Å². The number of hydrogen-bond donors (Lipinski definition) is 5. The largest absolute Gasteiger partial charge is 0.461 e. The van der Waals surface area contributed by atoms with Gasteiger partial charge in [-0.15, -0.1) is 0 Å². The third-order valence-corrected chi connectivity index (χ3v) is 6.79. The SMILES string of the molecule is OCC1OC(Oc2cccc3n[nH]c(CCc4ccc5c(c4)CCCC5)c23)C(O)C(O)C1O. The van der Waals surface area contributed by atoms with Crippen LogP contribution in [-0.2, 0) is 30.4 Å². The molecule has 3 aromatic rings. The van der Waals surface area contributed by atoms with Crippen molar-refractivity contribution in [2.75, 3.05) is 6.61 Å². The molecule has 1 aliphatic heterocycles. The lowest BCUT2D eigenvalue weighted by Gasteiger charge is -2.39. The van der Waals surface area contributed by atoms with E-state index in [0.717, 1.165) is 35.9 Å².